The maximum absolute atomic E-state index is 14.5. The van der Waals surface area contributed by atoms with Crippen LogP contribution in [0.3, 0.4) is 0 Å². The Morgan fingerprint density at radius 2 is 1.73 bits per heavy atom. The average molecular weight is 501 g/mol. The Balaban J connectivity index is 1.60. The van der Waals surface area contributed by atoms with E-state index in [4.69, 9.17) is 23.2 Å². The molecule has 0 heterocycles. The van der Waals surface area contributed by atoms with Crippen molar-refractivity contribution in [2.75, 3.05) is 11.9 Å². The minimum atomic E-state index is -4.59. The van der Waals surface area contributed by atoms with Gasteiger partial charge in [0, 0.05) is 6.54 Å². The predicted molar refractivity (Wildman–Crippen MR) is 120 cm³/mol. The number of amides is 2. The van der Waals surface area contributed by atoms with Gasteiger partial charge in [0.05, 0.1) is 27.4 Å². The molecule has 4 nitrogen and oxygen atoms in total. The highest BCUT2D eigenvalue weighted by Crippen LogP contribution is 2.37. The number of hydrogen-bond acceptors (Lipinski definition) is 2. The Morgan fingerprint density at radius 1 is 1.00 bits per heavy atom. The molecular weight excluding hydrogens is 483 g/mol. The van der Waals surface area contributed by atoms with Crippen molar-refractivity contribution in [1.82, 2.24) is 5.32 Å². The van der Waals surface area contributed by atoms with Crippen molar-refractivity contribution in [2.24, 2.45) is 0 Å². The van der Waals surface area contributed by atoms with Crippen molar-refractivity contribution in [1.29, 1.82) is 0 Å². The Hall–Kier alpha value is -2.81. The van der Waals surface area contributed by atoms with Gasteiger partial charge in [0.25, 0.3) is 0 Å². The third-order valence-corrected chi connectivity index (χ3v) is 5.53. The minimum Gasteiger partial charge on any atom is -0.388 e. The lowest BCUT2D eigenvalue weighted by molar-refractivity contribution is -0.137. The molecule has 0 spiro atoms. The molecule has 3 N–H and O–H groups in total. The predicted octanol–water partition coefficient (Wildman–Crippen LogP) is 7.06. The SMILES string of the molecule is O=C(NCCC(O)c1ccc(Cl)c(Cl)c1)Nc1ccc(-c2ccccc2C(F)(F)F)cc1F. The number of benzene rings is 3. The molecule has 0 aliphatic heterocycles. The molecule has 174 valence electrons. The summed E-state index contributed by atoms with van der Waals surface area (Å²) in [6.45, 7) is 0.0614. The Labute approximate surface area is 197 Å². The van der Waals surface area contributed by atoms with Gasteiger partial charge in [-0.3, -0.25) is 0 Å². The number of hydrogen-bond donors (Lipinski definition) is 3. The lowest BCUT2D eigenvalue weighted by Gasteiger charge is -2.15. The first kappa shape index (κ1) is 24.8. The van der Waals surface area contributed by atoms with Crippen LogP contribution in [0.5, 0.6) is 0 Å². The van der Waals surface area contributed by atoms with E-state index in [1.165, 1.54) is 36.4 Å². The van der Waals surface area contributed by atoms with Crippen LogP contribution >= 0.6 is 23.2 Å². The molecule has 3 rings (SSSR count). The topological polar surface area (TPSA) is 61.4 Å². The molecule has 0 bridgehead atoms. The zero-order chi connectivity index (χ0) is 24.2. The molecule has 1 atom stereocenters. The number of urea groups is 1. The molecule has 0 aromatic heterocycles. The third kappa shape index (κ3) is 6.37. The number of carbonyl (C=O) groups is 1. The monoisotopic (exact) mass is 500 g/mol. The van der Waals surface area contributed by atoms with Gasteiger partial charge in [0.2, 0.25) is 0 Å². The molecule has 0 radical (unpaired) electrons. The van der Waals surface area contributed by atoms with Crippen molar-refractivity contribution in [3.63, 3.8) is 0 Å². The fraction of sp³-hybridized carbons (Fsp3) is 0.174. The Kier molecular flexibility index (Phi) is 7.84. The highest BCUT2D eigenvalue weighted by molar-refractivity contribution is 6.42. The number of aliphatic hydroxyl groups excluding tert-OH is 1. The smallest absolute Gasteiger partial charge is 0.388 e. The number of rotatable bonds is 6. The Morgan fingerprint density at radius 3 is 2.39 bits per heavy atom. The van der Waals surface area contributed by atoms with Crippen molar-refractivity contribution in [3.05, 3.63) is 87.7 Å². The highest BCUT2D eigenvalue weighted by atomic mass is 35.5. The molecule has 3 aromatic carbocycles. The molecule has 0 aliphatic carbocycles. The first-order chi connectivity index (χ1) is 15.6. The molecule has 10 heteroatoms. The molecule has 1 unspecified atom stereocenters. The van der Waals surface area contributed by atoms with Gasteiger partial charge >= 0.3 is 12.2 Å². The zero-order valence-corrected chi connectivity index (χ0v) is 18.4. The van der Waals surface area contributed by atoms with E-state index in [9.17, 15) is 27.5 Å². The number of aliphatic hydroxyl groups is 1. The molecule has 33 heavy (non-hydrogen) atoms. The van der Waals surface area contributed by atoms with Crippen molar-refractivity contribution in [2.45, 2.75) is 18.7 Å². The summed E-state index contributed by atoms with van der Waals surface area (Å²) >= 11 is 11.7. The van der Waals surface area contributed by atoms with Gasteiger partial charge in [0.1, 0.15) is 5.82 Å². The van der Waals surface area contributed by atoms with Crippen LogP contribution in [0.25, 0.3) is 11.1 Å². The lowest BCUT2D eigenvalue weighted by Crippen LogP contribution is -2.30. The van der Waals surface area contributed by atoms with E-state index in [1.807, 2.05) is 0 Å². The van der Waals surface area contributed by atoms with Crippen molar-refractivity contribution in [3.8, 4) is 11.1 Å². The third-order valence-electron chi connectivity index (χ3n) is 4.79. The van der Waals surface area contributed by atoms with E-state index in [1.54, 1.807) is 12.1 Å². The van der Waals surface area contributed by atoms with Crippen LogP contribution in [0.2, 0.25) is 10.0 Å². The van der Waals surface area contributed by atoms with Crippen molar-refractivity contribution >= 4 is 34.9 Å². The van der Waals surface area contributed by atoms with Gasteiger partial charge in [-0.05, 0) is 53.4 Å². The van der Waals surface area contributed by atoms with Gasteiger partial charge in [-0.2, -0.15) is 13.2 Å². The zero-order valence-electron chi connectivity index (χ0n) is 16.9. The summed E-state index contributed by atoms with van der Waals surface area (Å²) < 4.78 is 54.1. The fourth-order valence-electron chi connectivity index (χ4n) is 3.14. The van der Waals surface area contributed by atoms with E-state index in [2.05, 4.69) is 10.6 Å². The normalized spacial score (nSPS) is 12.3. The largest absolute Gasteiger partial charge is 0.417 e. The van der Waals surface area contributed by atoms with Gasteiger partial charge in [-0.15, -0.1) is 0 Å². The second-order valence-corrected chi connectivity index (χ2v) is 7.91. The summed E-state index contributed by atoms with van der Waals surface area (Å²) in [6.07, 6.45) is -5.35. The second kappa shape index (κ2) is 10.4. The van der Waals surface area contributed by atoms with E-state index in [0.717, 1.165) is 12.1 Å². The molecule has 0 fully saturated rings. The summed E-state index contributed by atoms with van der Waals surface area (Å²) in [5, 5.41) is 15.6. The fourth-order valence-corrected chi connectivity index (χ4v) is 3.45. The molecule has 3 aromatic rings. The summed E-state index contributed by atoms with van der Waals surface area (Å²) in [5.41, 5.74) is -0.714. The Bertz CT molecular complexity index is 1160. The van der Waals surface area contributed by atoms with E-state index >= 15 is 0 Å². The second-order valence-electron chi connectivity index (χ2n) is 7.10. The van der Waals surface area contributed by atoms with Gasteiger partial charge in [-0.1, -0.05) is 53.5 Å². The average Bonchev–Trinajstić information content (AvgIpc) is 2.76. The van der Waals surface area contributed by atoms with Gasteiger partial charge in [0.15, 0.2) is 0 Å². The summed E-state index contributed by atoms with van der Waals surface area (Å²) in [7, 11) is 0. The van der Waals surface area contributed by atoms with Crippen LogP contribution in [-0.4, -0.2) is 17.7 Å². The number of nitrogens with one attached hydrogen (secondary N) is 2. The summed E-state index contributed by atoms with van der Waals surface area (Å²) in [4.78, 5) is 12.1. The van der Waals surface area contributed by atoms with Crippen molar-refractivity contribution < 1.29 is 27.5 Å². The molecule has 0 aliphatic rings. The summed E-state index contributed by atoms with van der Waals surface area (Å²) in [6, 6.07) is 12.2. The van der Waals surface area contributed by atoms with E-state index in [0.29, 0.717) is 10.6 Å². The first-order valence-electron chi connectivity index (χ1n) is 9.70. The van der Waals surface area contributed by atoms with Crippen LogP contribution in [-0.2, 0) is 6.18 Å². The van der Waals surface area contributed by atoms with Crippen LogP contribution < -0.4 is 10.6 Å². The number of halogens is 6. The molecule has 0 saturated heterocycles. The maximum atomic E-state index is 14.5. The lowest BCUT2D eigenvalue weighted by atomic mass is 9.99. The molecule has 2 amide bonds. The van der Waals surface area contributed by atoms with Gasteiger partial charge < -0.3 is 15.7 Å². The number of anilines is 1. The maximum Gasteiger partial charge on any atom is 0.417 e. The number of carbonyl (C=O) groups excluding carboxylic acids is 1. The standard InChI is InChI=1S/C23H18Cl2F4N2O2/c24-17-7-5-14(11-18(17)25)21(32)9-10-30-22(33)31-20-8-6-13(12-19(20)26)15-3-1-2-4-16(15)23(27,28)29/h1-8,11-12,21,32H,9-10H2,(H2,30,31,33). The van der Waals surface area contributed by atoms with Crippen LogP contribution in [0.1, 0.15) is 23.7 Å². The molecular formula is C23H18Cl2F4N2O2. The minimum absolute atomic E-state index is 0.0242. The van der Waals surface area contributed by atoms with E-state index in [-0.39, 0.29) is 34.8 Å². The number of alkyl halides is 3. The summed E-state index contributed by atoms with van der Waals surface area (Å²) in [5.74, 6) is -0.893. The molecule has 0 saturated carbocycles. The van der Waals surface area contributed by atoms with Crippen LogP contribution in [0, 0.1) is 5.82 Å². The first-order valence-corrected chi connectivity index (χ1v) is 10.5. The quantitative estimate of drug-likeness (QED) is 0.317. The van der Waals surface area contributed by atoms with E-state index < -0.39 is 29.7 Å². The van der Waals surface area contributed by atoms with Crippen LogP contribution in [0.15, 0.2) is 60.7 Å². The van der Waals surface area contributed by atoms with Crippen LogP contribution in [0.4, 0.5) is 28.0 Å². The van der Waals surface area contributed by atoms with Gasteiger partial charge in [-0.25, -0.2) is 9.18 Å². The highest BCUT2D eigenvalue weighted by Gasteiger charge is 2.33.